The first-order valence-corrected chi connectivity index (χ1v) is 9.36. The molecule has 2 aliphatic heterocycles. The second-order valence-corrected chi connectivity index (χ2v) is 7.44. The number of carbonyl (C=O) groups is 3. The number of fused-ring (bicyclic) bond motifs is 2. The Morgan fingerprint density at radius 1 is 1.25 bits per heavy atom. The van der Waals surface area contributed by atoms with Gasteiger partial charge in [-0.05, 0) is 60.9 Å². The van der Waals surface area contributed by atoms with E-state index < -0.39 is 11.9 Å². The topological polar surface area (TPSA) is 81.7 Å². The highest BCUT2D eigenvalue weighted by atomic mass is 35.5. The van der Waals surface area contributed by atoms with Crippen LogP contribution in [0.5, 0.6) is 5.75 Å². The van der Waals surface area contributed by atoms with Gasteiger partial charge in [0.15, 0.2) is 12.4 Å². The lowest BCUT2D eigenvalue weighted by molar-refractivity contribution is -0.148. The molecule has 1 amide bonds. The van der Waals surface area contributed by atoms with Crippen LogP contribution in [-0.2, 0) is 20.7 Å². The third-order valence-electron chi connectivity index (χ3n) is 5.10. The Morgan fingerprint density at radius 2 is 2.07 bits per heavy atom. The number of benzene rings is 2. The van der Waals surface area contributed by atoms with Crippen LogP contribution in [0.4, 0.5) is 5.69 Å². The van der Waals surface area contributed by atoms with E-state index in [9.17, 15) is 14.4 Å². The van der Waals surface area contributed by atoms with E-state index in [4.69, 9.17) is 21.1 Å². The van der Waals surface area contributed by atoms with E-state index in [-0.39, 0.29) is 30.8 Å². The summed E-state index contributed by atoms with van der Waals surface area (Å²) in [6.07, 6.45) is 0.451. The van der Waals surface area contributed by atoms with Crippen molar-refractivity contribution in [3.8, 4) is 5.75 Å². The summed E-state index contributed by atoms with van der Waals surface area (Å²) < 4.78 is 10.8. The highest BCUT2D eigenvalue weighted by Crippen LogP contribution is 2.33. The zero-order chi connectivity index (χ0) is 19.8. The van der Waals surface area contributed by atoms with Gasteiger partial charge in [0.1, 0.15) is 12.4 Å². The molecule has 144 valence electrons. The third kappa shape index (κ3) is 3.47. The molecule has 2 aromatic rings. The molecule has 0 spiro atoms. The highest BCUT2D eigenvalue weighted by molar-refractivity contribution is 6.30. The minimum Gasteiger partial charge on any atom is -0.492 e. The zero-order valence-electron chi connectivity index (χ0n) is 15.2. The summed E-state index contributed by atoms with van der Waals surface area (Å²) in [5.41, 5.74) is 2.74. The Kier molecular flexibility index (Phi) is 4.81. The summed E-state index contributed by atoms with van der Waals surface area (Å²) in [5.74, 6) is -0.978. The van der Waals surface area contributed by atoms with Gasteiger partial charge in [-0.3, -0.25) is 14.4 Å². The molecule has 0 fully saturated rings. The van der Waals surface area contributed by atoms with Crippen molar-refractivity contribution in [3.63, 3.8) is 0 Å². The van der Waals surface area contributed by atoms with Gasteiger partial charge in [-0.1, -0.05) is 11.6 Å². The minimum absolute atomic E-state index is 0.0938. The van der Waals surface area contributed by atoms with Crippen molar-refractivity contribution in [3.05, 3.63) is 58.1 Å². The summed E-state index contributed by atoms with van der Waals surface area (Å²) in [4.78, 5) is 36.5. The molecule has 0 unspecified atom stereocenters. The molecule has 0 saturated heterocycles. The molecule has 2 aromatic carbocycles. The number of Topliss-reactive ketones (excluding diaryl/α,β-unsaturated/α-hetero) is 1. The van der Waals surface area contributed by atoms with Crippen LogP contribution in [0.3, 0.4) is 0 Å². The zero-order valence-corrected chi connectivity index (χ0v) is 15.9. The summed E-state index contributed by atoms with van der Waals surface area (Å²) in [5, 5.41) is 3.33. The molecule has 1 N–H and O–H groups in total. The fourth-order valence-electron chi connectivity index (χ4n) is 3.44. The second-order valence-electron chi connectivity index (χ2n) is 7.01. The average molecular weight is 400 g/mol. The monoisotopic (exact) mass is 399 g/mol. The van der Waals surface area contributed by atoms with Crippen LogP contribution < -0.4 is 10.1 Å². The van der Waals surface area contributed by atoms with Crippen molar-refractivity contribution >= 4 is 34.9 Å². The van der Waals surface area contributed by atoms with E-state index in [1.54, 1.807) is 43.3 Å². The number of ether oxygens (including phenoxy) is 2. The largest absolute Gasteiger partial charge is 0.492 e. The fourth-order valence-corrected chi connectivity index (χ4v) is 3.64. The summed E-state index contributed by atoms with van der Waals surface area (Å²) in [6, 6.07) is 10.3. The molecule has 0 radical (unpaired) electrons. The number of ketones is 1. The SMILES string of the molecule is C[C@H]1C(=O)Nc2ccc(C(=O)COC(=O)[C@H]3COc4ccc(Cl)cc4C3)cc21. The number of nitrogens with one attached hydrogen (secondary N) is 1. The standard InChI is InChI=1S/C21H18ClNO5/c1-11-16-8-12(2-4-17(16)23-20(11)25)18(24)10-28-21(26)14-6-13-7-15(22)3-5-19(13)27-9-14/h2-5,7-8,11,14H,6,9-10H2,1H3,(H,23,25)/t11-,14-/m1/s1. The molecule has 4 rings (SSSR count). The Bertz CT molecular complexity index is 987. The van der Waals surface area contributed by atoms with E-state index in [0.717, 1.165) is 11.1 Å². The number of esters is 1. The van der Waals surface area contributed by atoms with Gasteiger partial charge in [-0.2, -0.15) is 0 Å². The average Bonchev–Trinajstić information content (AvgIpc) is 2.98. The number of halogens is 1. The maximum Gasteiger partial charge on any atom is 0.313 e. The molecule has 6 nitrogen and oxygen atoms in total. The van der Waals surface area contributed by atoms with E-state index in [1.165, 1.54) is 0 Å². The Labute approximate surface area is 166 Å². The number of anilines is 1. The predicted molar refractivity (Wildman–Crippen MR) is 103 cm³/mol. The van der Waals surface area contributed by atoms with E-state index in [2.05, 4.69) is 5.32 Å². The first-order valence-electron chi connectivity index (χ1n) is 8.98. The predicted octanol–water partition coefficient (Wildman–Crippen LogP) is 3.37. The minimum atomic E-state index is -0.486. The van der Waals surface area contributed by atoms with E-state index in [0.29, 0.717) is 28.4 Å². The lowest BCUT2D eigenvalue weighted by Crippen LogP contribution is -2.31. The molecule has 0 bridgehead atoms. The molecule has 2 heterocycles. The van der Waals surface area contributed by atoms with Crippen LogP contribution in [0.25, 0.3) is 0 Å². The van der Waals surface area contributed by atoms with Crippen LogP contribution in [0.1, 0.15) is 34.3 Å². The van der Waals surface area contributed by atoms with Gasteiger partial charge in [0, 0.05) is 16.3 Å². The lowest BCUT2D eigenvalue weighted by Gasteiger charge is -2.24. The van der Waals surface area contributed by atoms with E-state index in [1.807, 2.05) is 0 Å². The quantitative estimate of drug-likeness (QED) is 0.629. The number of rotatable bonds is 4. The molecule has 2 atom stereocenters. The van der Waals surface area contributed by atoms with Gasteiger partial charge in [-0.15, -0.1) is 0 Å². The molecule has 0 aromatic heterocycles. The number of carbonyl (C=O) groups excluding carboxylic acids is 3. The maximum atomic E-state index is 12.4. The summed E-state index contributed by atoms with van der Waals surface area (Å²) in [7, 11) is 0. The van der Waals surface area contributed by atoms with E-state index >= 15 is 0 Å². The molecule has 28 heavy (non-hydrogen) atoms. The van der Waals surface area contributed by atoms with Gasteiger partial charge >= 0.3 is 5.97 Å². The molecular formula is C21H18ClNO5. The lowest BCUT2D eigenvalue weighted by atomic mass is 9.97. The normalized spacial score (nSPS) is 19.9. The van der Waals surface area contributed by atoms with Crippen LogP contribution in [-0.4, -0.2) is 30.9 Å². The molecular weight excluding hydrogens is 382 g/mol. The van der Waals surface area contributed by atoms with Crippen LogP contribution >= 0.6 is 11.6 Å². The van der Waals surface area contributed by atoms with Crippen molar-refractivity contribution in [2.24, 2.45) is 5.92 Å². The van der Waals surface area contributed by atoms with Crippen LogP contribution in [0.15, 0.2) is 36.4 Å². The van der Waals surface area contributed by atoms with Crippen molar-refractivity contribution in [1.29, 1.82) is 0 Å². The van der Waals surface area contributed by atoms with Gasteiger partial charge in [0.05, 0.1) is 11.8 Å². The van der Waals surface area contributed by atoms with Gasteiger partial charge < -0.3 is 14.8 Å². The van der Waals surface area contributed by atoms with Crippen molar-refractivity contribution in [2.75, 3.05) is 18.5 Å². The van der Waals surface area contributed by atoms with Gasteiger partial charge in [0.2, 0.25) is 5.91 Å². The van der Waals surface area contributed by atoms with Crippen molar-refractivity contribution in [2.45, 2.75) is 19.3 Å². The molecule has 0 aliphatic carbocycles. The highest BCUT2D eigenvalue weighted by Gasteiger charge is 2.29. The number of hydrogen-bond acceptors (Lipinski definition) is 5. The second kappa shape index (κ2) is 7.28. The summed E-state index contributed by atoms with van der Waals surface area (Å²) >= 11 is 5.99. The molecule has 0 saturated carbocycles. The Balaban J connectivity index is 1.38. The van der Waals surface area contributed by atoms with Crippen LogP contribution in [0, 0.1) is 5.92 Å². The third-order valence-corrected chi connectivity index (χ3v) is 5.33. The van der Waals surface area contributed by atoms with Crippen LogP contribution in [0.2, 0.25) is 5.02 Å². The summed E-state index contributed by atoms with van der Waals surface area (Å²) in [6.45, 7) is 1.63. The van der Waals surface area contributed by atoms with Crippen molar-refractivity contribution in [1.82, 2.24) is 0 Å². The molecule has 2 aliphatic rings. The van der Waals surface area contributed by atoms with Crippen molar-refractivity contribution < 1.29 is 23.9 Å². The first kappa shape index (κ1) is 18.5. The Hall–Kier alpha value is -2.86. The maximum absolute atomic E-state index is 12.4. The van der Waals surface area contributed by atoms with Gasteiger partial charge in [0.25, 0.3) is 0 Å². The smallest absolute Gasteiger partial charge is 0.313 e. The number of amides is 1. The first-order chi connectivity index (χ1) is 13.4. The Morgan fingerprint density at radius 3 is 2.89 bits per heavy atom. The molecule has 7 heteroatoms. The number of hydrogen-bond donors (Lipinski definition) is 1. The fraction of sp³-hybridized carbons (Fsp3) is 0.286. The van der Waals surface area contributed by atoms with Gasteiger partial charge in [-0.25, -0.2) is 0 Å².